The van der Waals surface area contributed by atoms with Gasteiger partial charge in [-0.2, -0.15) is 5.26 Å². The number of rotatable bonds is 1. The molecule has 0 atom stereocenters. The Bertz CT molecular complexity index is 641. The van der Waals surface area contributed by atoms with Gasteiger partial charge in [0.15, 0.2) is 0 Å². The lowest BCUT2D eigenvalue weighted by Gasteiger charge is -2.14. The van der Waals surface area contributed by atoms with Crippen molar-refractivity contribution < 1.29 is 0 Å². The van der Waals surface area contributed by atoms with Crippen LogP contribution in [0.15, 0.2) is 24.3 Å². The van der Waals surface area contributed by atoms with E-state index in [-0.39, 0.29) is 0 Å². The molecule has 0 aromatic heterocycles. The highest BCUT2D eigenvalue weighted by Gasteiger charge is 2.10. The van der Waals surface area contributed by atoms with Crippen LogP contribution in [-0.4, -0.2) is 0 Å². The predicted molar refractivity (Wildman–Crippen MR) is 80.3 cm³/mol. The van der Waals surface area contributed by atoms with Crippen molar-refractivity contribution in [2.24, 2.45) is 0 Å². The van der Waals surface area contributed by atoms with E-state index in [1.165, 1.54) is 38.9 Å². The lowest BCUT2D eigenvalue weighted by atomic mass is 9.90. The van der Waals surface area contributed by atoms with E-state index in [0.717, 1.165) is 5.56 Å². The average Bonchev–Trinajstić information content (AvgIpc) is 2.34. The third-order valence-corrected chi connectivity index (χ3v) is 3.88. The lowest BCUT2D eigenvalue weighted by molar-refractivity contribution is 1.26. The second kappa shape index (κ2) is 4.90. The van der Waals surface area contributed by atoms with Crippen molar-refractivity contribution in [3.8, 4) is 17.2 Å². The summed E-state index contributed by atoms with van der Waals surface area (Å²) in [6, 6.07) is 10.6. The Labute approximate surface area is 115 Å². The quantitative estimate of drug-likeness (QED) is 0.714. The van der Waals surface area contributed by atoms with E-state index in [1.807, 2.05) is 12.1 Å². The van der Waals surface area contributed by atoms with Crippen LogP contribution in [0.5, 0.6) is 0 Å². The van der Waals surface area contributed by atoms with E-state index < -0.39 is 0 Å². The maximum absolute atomic E-state index is 9.02. The summed E-state index contributed by atoms with van der Waals surface area (Å²) in [5, 5.41) is 9.02. The van der Waals surface area contributed by atoms with Gasteiger partial charge in [-0.3, -0.25) is 0 Å². The molecule has 0 fully saturated rings. The standard InChI is InChI=1S/C18H19N/c1-11-8-17(9-12(2)15(11)5)18-13(3)6-16(10-19)7-14(18)4/h6-9H,1-5H3. The van der Waals surface area contributed by atoms with Crippen LogP contribution in [0.1, 0.15) is 33.4 Å². The second-order valence-corrected chi connectivity index (χ2v) is 5.33. The molecule has 0 heterocycles. The molecule has 0 spiro atoms. The van der Waals surface area contributed by atoms with Crippen molar-refractivity contribution in [2.45, 2.75) is 34.6 Å². The number of aryl methyl sites for hydroxylation is 4. The average molecular weight is 249 g/mol. The van der Waals surface area contributed by atoms with Gasteiger partial charge in [-0.05, 0) is 85.7 Å². The molecular weight excluding hydrogens is 230 g/mol. The Hall–Kier alpha value is -2.07. The maximum Gasteiger partial charge on any atom is 0.0991 e. The number of benzene rings is 2. The van der Waals surface area contributed by atoms with Gasteiger partial charge < -0.3 is 0 Å². The summed E-state index contributed by atoms with van der Waals surface area (Å²) in [6.45, 7) is 10.6. The van der Waals surface area contributed by atoms with Crippen LogP contribution in [0, 0.1) is 45.9 Å². The van der Waals surface area contributed by atoms with Crippen LogP contribution in [0.25, 0.3) is 11.1 Å². The highest BCUT2D eigenvalue weighted by molar-refractivity contribution is 5.73. The second-order valence-electron chi connectivity index (χ2n) is 5.33. The van der Waals surface area contributed by atoms with Gasteiger partial charge in [-0.1, -0.05) is 12.1 Å². The number of hydrogen-bond donors (Lipinski definition) is 0. The summed E-state index contributed by atoms with van der Waals surface area (Å²) in [6.07, 6.45) is 0. The fourth-order valence-electron chi connectivity index (χ4n) is 2.66. The van der Waals surface area contributed by atoms with E-state index in [9.17, 15) is 0 Å². The minimum absolute atomic E-state index is 0.735. The molecule has 0 amide bonds. The molecule has 19 heavy (non-hydrogen) atoms. The molecule has 0 saturated heterocycles. The Morgan fingerprint density at radius 1 is 0.737 bits per heavy atom. The molecule has 0 N–H and O–H groups in total. The van der Waals surface area contributed by atoms with Gasteiger partial charge in [-0.25, -0.2) is 0 Å². The lowest BCUT2D eigenvalue weighted by Crippen LogP contribution is -1.94. The molecule has 0 aliphatic heterocycles. The van der Waals surface area contributed by atoms with Crippen molar-refractivity contribution in [3.63, 3.8) is 0 Å². The predicted octanol–water partition coefficient (Wildman–Crippen LogP) is 4.77. The van der Waals surface area contributed by atoms with Crippen molar-refractivity contribution in [3.05, 3.63) is 57.6 Å². The van der Waals surface area contributed by atoms with E-state index in [2.05, 4.69) is 52.8 Å². The maximum atomic E-state index is 9.02. The van der Waals surface area contributed by atoms with E-state index >= 15 is 0 Å². The fourth-order valence-corrected chi connectivity index (χ4v) is 2.66. The van der Waals surface area contributed by atoms with E-state index in [0.29, 0.717) is 0 Å². The van der Waals surface area contributed by atoms with Gasteiger partial charge in [0.25, 0.3) is 0 Å². The summed E-state index contributed by atoms with van der Waals surface area (Å²) in [4.78, 5) is 0. The van der Waals surface area contributed by atoms with Gasteiger partial charge in [0, 0.05) is 0 Å². The molecule has 1 nitrogen and oxygen atoms in total. The molecule has 2 rings (SSSR count). The Morgan fingerprint density at radius 2 is 1.21 bits per heavy atom. The fraction of sp³-hybridized carbons (Fsp3) is 0.278. The van der Waals surface area contributed by atoms with Gasteiger partial charge in [0.1, 0.15) is 0 Å². The molecule has 0 saturated carbocycles. The molecule has 0 bridgehead atoms. The Morgan fingerprint density at radius 3 is 1.63 bits per heavy atom. The van der Waals surface area contributed by atoms with Crippen LogP contribution in [0.2, 0.25) is 0 Å². The molecule has 1 heteroatoms. The van der Waals surface area contributed by atoms with Gasteiger partial charge in [0.2, 0.25) is 0 Å². The first-order chi connectivity index (χ1) is 8.93. The highest BCUT2D eigenvalue weighted by Crippen LogP contribution is 2.31. The molecule has 0 unspecified atom stereocenters. The molecule has 96 valence electrons. The zero-order valence-electron chi connectivity index (χ0n) is 12.3. The van der Waals surface area contributed by atoms with E-state index in [4.69, 9.17) is 5.26 Å². The summed E-state index contributed by atoms with van der Waals surface area (Å²) >= 11 is 0. The first kappa shape index (κ1) is 13.4. The monoisotopic (exact) mass is 249 g/mol. The molecule has 2 aromatic rings. The van der Waals surface area contributed by atoms with Gasteiger partial charge in [-0.15, -0.1) is 0 Å². The third kappa shape index (κ3) is 2.39. The summed E-state index contributed by atoms with van der Waals surface area (Å²) in [5.74, 6) is 0. The van der Waals surface area contributed by atoms with Crippen molar-refractivity contribution >= 4 is 0 Å². The molecule has 0 aliphatic carbocycles. The van der Waals surface area contributed by atoms with Crippen LogP contribution in [-0.2, 0) is 0 Å². The number of nitriles is 1. The van der Waals surface area contributed by atoms with Crippen molar-refractivity contribution in [2.75, 3.05) is 0 Å². The first-order valence-corrected chi connectivity index (χ1v) is 6.53. The van der Waals surface area contributed by atoms with E-state index in [1.54, 1.807) is 0 Å². The minimum Gasteiger partial charge on any atom is -0.192 e. The molecular formula is C18H19N. The summed E-state index contributed by atoms with van der Waals surface area (Å²) in [7, 11) is 0. The number of hydrogen-bond acceptors (Lipinski definition) is 1. The highest BCUT2D eigenvalue weighted by atomic mass is 14.2. The molecule has 0 aliphatic rings. The first-order valence-electron chi connectivity index (χ1n) is 6.53. The van der Waals surface area contributed by atoms with Crippen LogP contribution >= 0.6 is 0 Å². The van der Waals surface area contributed by atoms with Crippen LogP contribution < -0.4 is 0 Å². The SMILES string of the molecule is Cc1cc(-c2c(C)cc(C#N)cc2C)cc(C)c1C. The summed E-state index contributed by atoms with van der Waals surface area (Å²) < 4.78 is 0. The largest absolute Gasteiger partial charge is 0.192 e. The smallest absolute Gasteiger partial charge is 0.0991 e. The summed E-state index contributed by atoms with van der Waals surface area (Å²) in [5.41, 5.74) is 9.56. The zero-order valence-corrected chi connectivity index (χ0v) is 12.3. The third-order valence-electron chi connectivity index (χ3n) is 3.88. The van der Waals surface area contributed by atoms with Gasteiger partial charge >= 0.3 is 0 Å². The number of nitrogens with zero attached hydrogens (tertiary/aromatic N) is 1. The minimum atomic E-state index is 0.735. The van der Waals surface area contributed by atoms with Crippen molar-refractivity contribution in [1.82, 2.24) is 0 Å². The molecule has 2 aromatic carbocycles. The normalized spacial score (nSPS) is 10.3. The van der Waals surface area contributed by atoms with Crippen LogP contribution in [0.3, 0.4) is 0 Å². The Balaban J connectivity index is 2.70. The molecule has 0 radical (unpaired) electrons. The topological polar surface area (TPSA) is 23.8 Å². The van der Waals surface area contributed by atoms with Gasteiger partial charge in [0.05, 0.1) is 11.6 Å². The Kier molecular flexibility index (Phi) is 3.44. The van der Waals surface area contributed by atoms with Crippen LogP contribution in [0.4, 0.5) is 0 Å². The zero-order chi connectivity index (χ0) is 14.2. The van der Waals surface area contributed by atoms with Crippen molar-refractivity contribution in [1.29, 1.82) is 5.26 Å².